The lowest BCUT2D eigenvalue weighted by Gasteiger charge is -2.65. The number of piperidine rings is 1. The van der Waals surface area contributed by atoms with Gasteiger partial charge in [0.25, 0.3) is 0 Å². The first kappa shape index (κ1) is 16.3. The van der Waals surface area contributed by atoms with Gasteiger partial charge in [-0.15, -0.1) is 0 Å². The van der Waals surface area contributed by atoms with E-state index in [1.54, 1.807) is 0 Å². The quantitative estimate of drug-likeness (QED) is 0.705. The Kier molecular flexibility index (Phi) is 2.80. The van der Waals surface area contributed by atoms with E-state index in [4.69, 9.17) is 0 Å². The van der Waals surface area contributed by atoms with E-state index in [0.29, 0.717) is 24.3 Å². The molecule has 7 bridgehead atoms. The number of carbonyl (C=O) groups is 1. The number of hydrogen-bond donors (Lipinski definition) is 2. The minimum atomic E-state index is -0.561. The molecule has 3 unspecified atom stereocenters. The lowest BCUT2D eigenvalue weighted by Crippen LogP contribution is -2.68. The topological polar surface area (TPSA) is 60.8 Å². The van der Waals surface area contributed by atoms with Crippen LogP contribution in [0.25, 0.3) is 0 Å². The number of rotatable bonds is 1. The fourth-order valence-electron chi connectivity index (χ4n) is 9.75. The summed E-state index contributed by atoms with van der Waals surface area (Å²) in [5.41, 5.74) is 0.598. The number of fused-ring (bicyclic) bond motifs is 1. The number of carbonyl (C=O) groups excluding carboxylic acids is 1. The maximum absolute atomic E-state index is 13.0. The van der Waals surface area contributed by atoms with Crippen LogP contribution in [0.5, 0.6) is 0 Å². The van der Waals surface area contributed by atoms with E-state index >= 15 is 0 Å². The zero-order valence-electron chi connectivity index (χ0n) is 15.9. The maximum atomic E-state index is 13.0. The molecule has 0 aromatic rings. The first-order valence-corrected chi connectivity index (χ1v) is 10.6. The summed E-state index contributed by atoms with van der Waals surface area (Å²) >= 11 is 0. The van der Waals surface area contributed by atoms with Crippen LogP contribution >= 0.6 is 0 Å². The van der Waals surface area contributed by atoms with Crippen LogP contribution in [-0.2, 0) is 4.79 Å². The largest absolute Gasteiger partial charge is 0.392 e. The SMILES string of the molecule is C=C1[C@@H]2C[C@@]3(C4CC5[C@@]6(C)CC[C@H](O)[C@]5(C3CC2=O)[C@@H]4N(CC)C6)[C@@H]1O. The Morgan fingerprint density at radius 1 is 1.31 bits per heavy atom. The summed E-state index contributed by atoms with van der Waals surface area (Å²) in [6.07, 6.45) is 3.50. The van der Waals surface area contributed by atoms with E-state index in [-0.39, 0.29) is 40.0 Å². The molecule has 4 nitrogen and oxygen atoms in total. The van der Waals surface area contributed by atoms with E-state index in [2.05, 4.69) is 25.3 Å². The summed E-state index contributed by atoms with van der Waals surface area (Å²) in [4.78, 5) is 15.6. The van der Waals surface area contributed by atoms with Gasteiger partial charge in [0.15, 0.2) is 0 Å². The molecule has 6 fully saturated rings. The van der Waals surface area contributed by atoms with E-state index in [1.165, 1.54) is 0 Å². The molecule has 0 amide bonds. The Balaban J connectivity index is 1.62. The van der Waals surface area contributed by atoms with Crippen molar-refractivity contribution in [1.29, 1.82) is 0 Å². The second-order valence-electron chi connectivity index (χ2n) is 10.7. The van der Waals surface area contributed by atoms with Crippen LogP contribution in [0.4, 0.5) is 0 Å². The number of likely N-dealkylation sites (tertiary alicyclic amines) is 1. The van der Waals surface area contributed by atoms with Crippen molar-refractivity contribution in [3.8, 4) is 0 Å². The van der Waals surface area contributed by atoms with Crippen LogP contribution in [0.15, 0.2) is 12.2 Å². The van der Waals surface area contributed by atoms with Gasteiger partial charge < -0.3 is 10.2 Å². The molecule has 4 heteroatoms. The zero-order valence-corrected chi connectivity index (χ0v) is 15.9. The highest BCUT2D eigenvalue weighted by Gasteiger charge is 2.85. The normalized spacial score (nSPS) is 62.7. The molecule has 142 valence electrons. The van der Waals surface area contributed by atoms with Gasteiger partial charge in [-0.1, -0.05) is 20.4 Å². The molecule has 5 saturated carbocycles. The second kappa shape index (κ2) is 4.47. The number of aliphatic hydroxyl groups is 2. The Labute approximate surface area is 155 Å². The summed E-state index contributed by atoms with van der Waals surface area (Å²) < 4.78 is 0. The van der Waals surface area contributed by atoms with Crippen molar-refractivity contribution in [3.05, 3.63) is 12.2 Å². The fourth-order valence-corrected chi connectivity index (χ4v) is 9.75. The van der Waals surface area contributed by atoms with E-state index in [1.807, 2.05) is 0 Å². The molecular weight excluding hydrogens is 326 g/mol. The summed E-state index contributed by atoms with van der Waals surface area (Å²) in [7, 11) is 0. The second-order valence-corrected chi connectivity index (χ2v) is 10.7. The van der Waals surface area contributed by atoms with Crippen molar-refractivity contribution < 1.29 is 15.0 Å². The molecular formula is C22H31NO3. The first-order valence-electron chi connectivity index (χ1n) is 10.6. The molecule has 0 aromatic carbocycles. The Morgan fingerprint density at radius 2 is 2.08 bits per heavy atom. The summed E-state index contributed by atoms with van der Waals surface area (Å²) in [5, 5.41) is 22.8. The van der Waals surface area contributed by atoms with Crippen LogP contribution < -0.4 is 0 Å². The van der Waals surface area contributed by atoms with E-state index in [0.717, 1.165) is 44.3 Å². The van der Waals surface area contributed by atoms with Crippen LogP contribution in [0, 0.1) is 39.9 Å². The van der Waals surface area contributed by atoms with E-state index < -0.39 is 6.10 Å². The smallest absolute Gasteiger partial charge is 0.140 e. The Bertz CT molecular complexity index is 735. The van der Waals surface area contributed by atoms with Gasteiger partial charge in [0.1, 0.15) is 5.78 Å². The standard InChI is InChI=1S/C22H31NO3/c1-4-23-10-20(3)6-5-17(25)22-15(20)7-13(18(22)23)21-9-12(11(2)19(21)26)14(24)8-16(21)22/h12-13,15-19,25-26H,2,4-10H2,1,3H3/t12-,13?,15?,16?,17-,18+,19+,20-,21-,22-/m0/s1. The number of aliphatic hydroxyl groups excluding tert-OH is 2. The third kappa shape index (κ3) is 1.33. The van der Waals surface area contributed by atoms with E-state index in [9.17, 15) is 15.0 Å². The molecule has 0 radical (unpaired) electrons. The van der Waals surface area contributed by atoms with Crippen molar-refractivity contribution in [1.82, 2.24) is 4.90 Å². The predicted octanol–water partition coefficient (Wildman–Crippen LogP) is 2.00. The summed E-state index contributed by atoms with van der Waals surface area (Å²) in [6, 6.07) is 0.331. The molecule has 1 saturated heterocycles. The molecule has 5 aliphatic carbocycles. The van der Waals surface area contributed by atoms with Crippen LogP contribution in [0.1, 0.15) is 46.0 Å². The van der Waals surface area contributed by atoms with Crippen molar-refractivity contribution in [2.75, 3.05) is 13.1 Å². The maximum Gasteiger partial charge on any atom is 0.140 e. The van der Waals surface area contributed by atoms with Gasteiger partial charge in [0.05, 0.1) is 12.2 Å². The van der Waals surface area contributed by atoms with Crippen molar-refractivity contribution in [2.24, 2.45) is 39.9 Å². The first-order chi connectivity index (χ1) is 12.3. The predicted molar refractivity (Wildman–Crippen MR) is 97.2 cm³/mol. The van der Waals surface area contributed by atoms with Crippen LogP contribution in [0.2, 0.25) is 0 Å². The van der Waals surface area contributed by atoms with Crippen molar-refractivity contribution >= 4 is 5.78 Å². The number of ketones is 1. The Hall–Kier alpha value is -0.710. The third-order valence-electron chi connectivity index (χ3n) is 10.4. The third-order valence-corrected chi connectivity index (χ3v) is 10.4. The summed E-state index contributed by atoms with van der Waals surface area (Å²) in [5.74, 6) is 1.16. The fraction of sp³-hybridized carbons (Fsp3) is 0.864. The zero-order chi connectivity index (χ0) is 18.2. The van der Waals surface area contributed by atoms with Gasteiger partial charge in [-0.2, -0.15) is 0 Å². The number of nitrogens with zero attached hydrogens (tertiary/aromatic N) is 1. The average molecular weight is 357 g/mol. The van der Waals surface area contributed by atoms with Gasteiger partial charge in [-0.3, -0.25) is 9.69 Å². The van der Waals surface area contributed by atoms with Crippen molar-refractivity contribution in [3.63, 3.8) is 0 Å². The molecule has 0 aromatic heterocycles. The molecule has 2 spiro atoms. The molecule has 6 aliphatic rings. The number of Topliss-reactive ketones (excluding diaryl/α,β-unsaturated/α-hetero) is 1. The Morgan fingerprint density at radius 3 is 2.81 bits per heavy atom. The highest BCUT2D eigenvalue weighted by molar-refractivity contribution is 5.87. The van der Waals surface area contributed by atoms with Crippen molar-refractivity contribution in [2.45, 2.75) is 64.2 Å². The average Bonchev–Trinajstić information content (AvgIpc) is 3.14. The molecule has 26 heavy (non-hydrogen) atoms. The minimum absolute atomic E-state index is 0.130. The van der Waals surface area contributed by atoms with Gasteiger partial charge in [-0.25, -0.2) is 0 Å². The van der Waals surface area contributed by atoms with Gasteiger partial charge in [0, 0.05) is 35.8 Å². The lowest BCUT2D eigenvalue weighted by atomic mass is 9.43. The number of hydrogen-bond acceptors (Lipinski definition) is 4. The monoisotopic (exact) mass is 357 g/mol. The van der Waals surface area contributed by atoms with Gasteiger partial charge in [-0.05, 0) is 61.0 Å². The van der Waals surface area contributed by atoms with Gasteiger partial charge >= 0.3 is 0 Å². The molecule has 2 N–H and O–H groups in total. The summed E-state index contributed by atoms with van der Waals surface area (Å²) in [6.45, 7) is 10.9. The van der Waals surface area contributed by atoms with Gasteiger partial charge in [0.2, 0.25) is 0 Å². The minimum Gasteiger partial charge on any atom is -0.392 e. The molecule has 1 aliphatic heterocycles. The highest BCUT2D eigenvalue weighted by Crippen LogP contribution is 2.83. The van der Waals surface area contributed by atoms with Crippen LogP contribution in [0.3, 0.4) is 0 Å². The molecule has 1 heterocycles. The molecule has 6 rings (SSSR count). The molecule has 10 atom stereocenters. The lowest BCUT2D eigenvalue weighted by molar-refractivity contribution is -0.211. The van der Waals surface area contributed by atoms with Crippen LogP contribution in [-0.4, -0.2) is 52.2 Å². The highest BCUT2D eigenvalue weighted by atomic mass is 16.3.